The molecule has 2 aliphatic rings. The first-order valence-electron chi connectivity index (χ1n) is 12.3. The molecule has 0 saturated carbocycles. The van der Waals surface area contributed by atoms with Crippen LogP contribution in [-0.2, 0) is 14.3 Å². The fourth-order valence-electron chi connectivity index (χ4n) is 4.89. The summed E-state index contributed by atoms with van der Waals surface area (Å²) in [7, 11) is 0. The van der Waals surface area contributed by atoms with E-state index in [-0.39, 0.29) is 18.1 Å². The number of amides is 1. The van der Waals surface area contributed by atoms with Gasteiger partial charge >= 0.3 is 5.97 Å². The number of carbonyl (C=O) groups excluding carboxylic acids is 2. The summed E-state index contributed by atoms with van der Waals surface area (Å²) in [5, 5.41) is 0. The van der Waals surface area contributed by atoms with Gasteiger partial charge in [-0.3, -0.25) is 14.2 Å². The zero-order valence-corrected chi connectivity index (χ0v) is 23.0. The highest BCUT2D eigenvalue weighted by atomic mass is 32.2. The van der Waals surface area contributed by atoms with Gasteiger partial charge in [0.2, 0.25) is 0 Å². The van der Waals surface area contributed by atoms with Crippen molar-refractivity contribution in [1.29, 1.82) is 0 Å². The maximum absolute atomic E-state index is 14.1. The van der Waals surface area contributed by atoms with E-state index in [9.17, 15) is 14.4 Å². The van der Waals surface area contributed by atoms with Crippen LogP contribution in [0.5, 0.6) is 0 Å². The lowest BCUT2D eigenvalue weighted by atomic mass is 9.96. The second-order valence-corrected chi connectivity index (χ2v) is 10.8. The molecule has 0 aliphatic carbocycles. The quantitative estimate of drug-likeness (QED) is 0.256. The van der Waals surface area contributed by atoms with Gasteiger partial charge in [-0.25, -0.2) is 9.79 Å². The normalized spacial score (nSPS) is 17.7. The zero-order chi connectivity index (χ0) is 27.0. The minimum atomic E-state index is -0.743. The molecule has 0 bridgehead atoms. The highest BCUT2D eigenvalue weighted by Crippen LogP contribution is 2.36. The van der Waals surface area contributed by atoms with Crippen molar-refractivity contribution >= 4 is 46.2 Å². The van der Waals surface area contributed by atoms with Crippen LogP contribution in [0.25, 0.3) is 5.57 Å². The molecule has 5 rings (SSSR count). The molecule has 1 aromatic heterocycles. The van der Waals surface area contributed by atoms with Crippen molar-refractivity contribution in [2.75, 3.05) is 24.3 Å². The van der Waals surface area contributed by atoms with Crippen molar-refractivity contribution < 1.29 is 14.3 Å². The number of benzene rings is 2. The molecule has 1 unspecified atom stereocenters. The molecular weight excluding hydrogens is 518 g/mol. The Bertz CT molecular complexity index is 1660. The summed E-state index contributed by atoms with van der Waals surface area (Å²) in [4.78, 5) is 48.8. The maximum Gasteiger partial charge on any atom is 0.338 e. The number of para-hydroxylation sites is 1. The van der Waals surface area contributed by atoms with Crippen LogP contribution in [0.2, 0.25) is 0 Å². The number of fused-ring (bicyclic) bond motifs is 2. The first kappa shape index (κ1) is 25.9. The first-order valence-corrected chi connectivity index (χ1v) is 14.3. The van der Waals surface area contributed by atoms with Crippen LogP contribution in [0, 0.1) is 0 Å². The summed E-state index contributed by atoms with van der Waals surface area (Å²) in [6, 6.07) is 14.5. The molecule has 1 amide bonds. The molecule has 9 heteroatoms. The van der Waals surface area contributed by atoms with Crippen LogP contribution in [-0.4, -0.2) is 35.9 Å². The van der Waals surface area contributed by atoms with Gasteiger partial charge < -0.3 is 9.64 Å². The summed E-state index contributed by atoms with van der Waals surface area (Å²) < 4.78 is 7.25. The first-order chi connectivity index (χ1) is 18.4. The molecule has 3 heterocycles. The lowest BCUT2D eigenvalue weighted by Crippen LogP contribution is -2.41. The van der Waals surface area contributed by atoms with E-state index in [1.165, 1.54) is 22.0 Å². The van der Waals surface area contributed by atoms with E-state index in [1.54, 1.807) is 23.6 Å². The number of carbonyl (C=O) groups is 2. The van der Waals surface area contributed by atoms with Crippen molar-refractivity contribution in [3.8, 4) is 0 Å². The Morgan fingerprint density at radius 3 is 2.61 bits per heavy atom. The average molecular weight is 546 g/mol. The Labute approximate surface area is 228 Å². The number of thioether (sulfide) groups is 1. The Kier molecular flexibility index (Phi) is 7.23. The third-order valence-corrected chi connectivity index (χ3v) is 8.38. The van der Waals surface area contributed by atoms with Crippen molar-refractivity contribution in [2.24, 2.45) is 4.99 Å². The molecular formula is C29H27N3O4S2. The van der Waals surface area contributed by atoms with E-state index in [4.69, 9.17) is 4.74 Å². The average Bonchev–Trinajstić information content (AvgIpc) is 3.39. The molecule has 0 saturated heterocycles. The lowest BCUT2D eigenvalue weighted by molar-refractivity contribution is -0.138. The van der Waals surface area contributed by atoms with E-state index >= 15 is 0 Å². The fourth-order valence-corrected chi connectivity index (χ4v) is 6.44. The van der Waals surface area contributed by atoms with Gasteiger partial charge in [-0.2, -0.15) is 0 Å². The fraction of sp³-hybridized carbons (Fsp3) is 0.241. The Morgan fingerprint density at radius 2 is 1.92 bits per heavy atom. The molecule has 3 aromatic rings. The van der Waals surface area contributed by atoms with Crippen molar-refractivity contribution in [3.05, 3.63) is 103 Å². The number of rotatable bonds is 7. The molecule has 2 aromatic carbocycles. The number of ether oxygens (including phenoxy) is 1. The number of hydrogen-bond acceptors (Lipinski definition) is 7. The van der Waals surface area contributed by atoms with E-state index in [0.29, 0.717) is 32.7 Å². The zero-order valence-electron chi connectivity index (χ0n) is 21.4. The molecule has 0 radical (unpaired) electrons. The molecule has 1 atom stereocenters. The molecule has 0 fully saturated rings. The second-order valence-electron chi connectivity index (χ2n) is 8.91. The maximum atomic E-state index is 14.1. The predicted molar refractivity (Wildman–Crippen MR) is 151 cm³/mol. The highest BCUT2D eigenvalue weighted by molar-refractivity contribution is 7.98. The summed E-state index contributed by atoms with van der Waals surface area (Å²) in [6.45, 7) is 7.98. The van der Waals surface area contributed by atoms with Gasteiger partial charge in [-0.05, 0) is 43.4 Å². The minimum absolute atomic E-state index is 0.0425. The number of hydrogen-bond donors (Lipinski definition) is 0. The van der Waals surface area contributed by atoms with E-state index in [0.717, 1.165) is 28.1 Å². The van der Waals surface area contributed by atoms with Crippen LogP contribution < -0.4 is 19.8 Å². The largest absolute Gasteiger partial charge is 0.458 e. The minimum Gasteiger partial charge on any atom is -0.458 e. The monoisotopic (exact) mass is 545 g/mol. The van der Waals surface area contributed by atoms with E-state index < -0.39 is 12.0 Å². The Morgan fingerprint density at radius 1 is 1.18 bits per heavy atom. The van der Waals surface area contributed by atoms with Crippen LogP contribution >= 0.6 is 23.1 Å². The topological polar surface area (TPSA) is 81.0 Å². The van der Waals surface area contributed by atoms with Gasteiger partial charge in [0, 0.05) is 17.0 Å². The number of anilines is 1. The molecule has 7 nitrogen and oxygen atoms in total. The van der Waals surface area contributed by atoms with Crippen molar-refractivity contribution in [2.45, 2.75) is 31.2 Å². The van der Waals surface area contributed by atoms with Crippen LogP contribution in [0.1, 0.15) is 37.4 Å². The molecule has 0 spiro atoms. The molecule has 38 heavy (non-hydrogen) atoms. The standard InChI is InChI=1S/C29H27N3O4S2/c1-5-15-31-21-10-8-7-9-20(21)23(26(31)33)25-27(34)32-24(18-11-13-19(37-4)14-12-18)22(28(35)36-16-6-2)17(3)30-29(32)38-25/h6-14,24H,2,5,15-16H2,1,3-4H3. The van der Waals surface area contributed by atoms with Crippen molar-refractivity contribution in [1.82, 2.24) is 4.57 Å². The number of aromatic nitrogens is 1. The van der Waals surface area contributed by atoms with Crippen LogP contribution in [0.3, 0.4) is 0 Å². The summed E-state index contributed by atoms with van der Waals surface area (Å²) >= 11 is 2.79. The number of thiazole rings is 1. The Balaban J connectivity index is 1.78. The van der Waals surface area contributed by atoms with Gasteiger partial charge in [0.05, 0.1) is 28.6 Å². The summed E-state index contributed by atoms with van der Waals surface area (Å²) in [5.41, 5.74) is 3.08. The van der Waals surface area contributed by atoms with E-state index in [1.807, 2.05) is 61.7 Å². The molecule has 0 N–H and O–H groups in total. The third kappa shape index (κ3) is 4.25. The van der Waals surface area contributed by atoms with Crippen LogP contribution in [0.4, 0.5) is 5.69 Å². The lowest BCUT2D eigenvalue weighted by Gasteiger charge is -2.24. The summed E-state index contributed by atoms with van der Waals surface area (Å²) in [5.74, 6) is -0.750. The number of nitrogens with zero attached hydrogens (tertiary/aromatic N) is 3. The molecule has 2 aliphatic heterocycles. The van der Waals surface area contributed by atoms with Gasteiger partial charge in [0.15, 0.2) is 4.80 Å². The SMILES string of the molecule is C=CCOC(=O)C1=C(C)N=c2sc(=C3C(=O)N(CCC)c4ccccc43)c(=O)n2C1c1ccc(SC)cc1. The van der Waals surface area contributed by atoms with Crippen LogP contribution in [0.15, 0.2) is 87.1 Å². The summed E-state index contributed by atoms with van der Waals surface area (Å²) in [6.07, 6.45) is 4.27. The van der Waals surface area contributed by atoms with Gasteiger partial charge in [-0.15, -0.1) is 11.8 Å². The third-order valence-electron chi connectivity index (χ3n) is 6.58. The van der Waals surface area contributed by atoms with Gasteiger partial charge in [-0.1, -0.05) is 61.2 Å². The highest BCUT2D eigenvalue weighted by Gasteiger charge is 2.37. The molecule has 194 valence electrons. The van der Waals surface area contributed by atoms with Crippen molar-refractivity contribution in [3.63, 3.8) is 0 Å². The number of esters is 1. The predicted octanol–water partition coefficient (Wildman–Crippen LogP) is 3.81. The van der Waals surface area contributed by atoms with Gasteiger partial charge in [0.25, 0.3) is 11.5 Å². The Hall–Kier alpha value is -3.69. The smallest absolute Gasteiger partial charge is 0.338 e. The van der Waals surface area contributed by atoms with Gasteiger partial charge in [0.1, 0.15) is 11.1 Å². The van der Waals surface area contributed by atoms with E-state index in [2.05, 4.69) is 11.6 Å². The number of allylic oxidation sites excluding steroid dienone is 1. The second kappa shape index (κ2) is 10.6.